The van der Waals surface area contributed by atoms with Gasteiger partial charge in [0.2, 0.25) is 5.91 Å². The third-order valence-electron chi connectivity index (χ3n) is 7.98. The summed E-state index contributed by atoms with van der Waals surface area (Å²) in [6.45, 7) is 1.52. The molecule has 1 amide bonds. The summed E-state index contributed by atoms with van der Waals surface area (Å²) in [5, 5.41) is 0.580. The number of β-lactam (4-membered cyclic amide) rings is 1. The molecule has 0 bridgehead atoms. The second kappa shape index (κ2) is 10.5. The summed E-state index contributed by atoms with van der Waals surface area (Å²) in [4.78, 5) is 13.1. The molecular weight excluding hydrogens is 524 g/mol. The third-order valence-corrected chi connectivity index (χ3v) is 10.0. The van der Waals surface area contributed by atoms with Gasteiger partial charge in [-0.25, -0.2) is 17.2 Å². The van der Waals surface area contributed by atoms with E-state index >= 15 is 4.39 Å². The van der Waals surface area contributed by atoms with Gasteiger partial charge < -0.3 is 14.4 Å². The zero-order valence-corrected chi connectivity index (χ0v) is 22.0. The summed E-state index contributed by atoms with van der Waals surface area (Å²) in [6.07, 6.45) is 1.52. The molecule has 0 aliphatic carbocycles. The van der Waals surface area contributed by atoms with Crippen LogP contribution in [0, 0.1) is 17.6 Å². The number of likely N-dealkylation sites (tertiary alicyclic amines) is 1. The van der Waals surface area contributed by atoms with Crippen molar-refractivity contribution in [2.24, 2.45) is 5.92 Å². The Balaban J connectivity index is 1.37. The number of ether oxygens (including phenoxy) is 2. The van der Waals surface area contributed by atoms with Crippen LogP contribution in [0.15, 0.2) is 36.4 Å². The summed E-state index contributed by atoms with van der Waals surface area (Å²) in [5.74, 6) is -1.62. The smallest absolute Gasteiger partial charge is 0.224 e. The number of hydrogen-bond acceptors (Lipinski definition) is 5. The van der Waals surface area contributed by atoms with E-state index in [1.54, 1.807) is 17.0 Å². The Morgan fingerprint density at radius 1 is 1.08 bits per heavy atom. The van der Waals surface area contributed by atoms with Crippen molar-refractivity contribution in [2.75, 3.05) is 37.8 Å². The average molecular weight is 554 g/mol. The van der Waals surface area contributed by atoms with Crippen LogP contribution in [0.5, 0.6) is 5.75 Å². The first-order chi connectivity index (χ1) is 17.7. The molecule has 37 heavy (non-hydrogen) atoms. The Kier molecular flexibility index (Phi) is 7.49. The largest absolute Gasteiger partial charge is 0.490 e. The van der Waals surface area contributed by atoms with Gasteiger partial charge in [-0.15, -0.1) is 0 Å². The van der Waals surface area contributed by atoms with Crippen LogP contribution < -0.4 is 4.74 Å². The monoisotopic (exact) mass is 553 g/mol. The molecule has 200 valence electrons. The number of nitrogens with zero attached hydrogens (tertiary/aromatic N) is 1. The van der Waals surface area contributed by atoms with E-state index < -0.39 is 33.0 Å². The van der Waals surface area contributed by atoms with Gasteiger partial charge >= 0.3 is 0 Å². The minimum atomic E-state index is -3.38. The summed E-state index contributed by atoms with van der Waals surface area (Å²) >= 11 is 6.07. The van der Waals surface area contributed by atoms with Gasteiger partial charge in [-0.2, -0.15) is 0 Å². The predicted octanol–water partition coefficient (Wildman–Crippen LogP) is 4.32. The lowest BCUT2D eigenvalue weighted by atomic mass is 9.60. The quantitative estimate of drug-likeness (QED) is 0.432. The number of sulfone groups is 1. The molecule has 0 radical (unpaired) electrons. The standard InChI is InChI=1S/C27H30ClF2NO5S/c28-19-4-2-18(3-5-19)16-27-10-13-35-23(9-15-37(33,34)14-1-11-31-12-8-24(31)32)20(27)17-36-26-22(30)7-6-21(29)25(26)27/h2-7,20,23H,1,8-17H2/t20-,23-,27-/m0/s1. The molecule has 0 unspecified atom stereocenters. The minimum Gasteiger partial charge on any atom is -0.490 e. The Hall–Kier alpha value is -2.23. The Morgan fingerprint density at radius 3 is 2.54 bits per heavy atom. The maximum absolute atomic E-state index is 15.4. The van der Waals surface area contributed by atoms with Crippen molar-refractivity contribution in [3.05, 3.63) is 64.2 Å². The van der Waals surface area contributed by atoms with Crippen molar-refractivity contribution in [3.63, 3.8) is 0 Å². The van der Waals surface area contributed by atoms with Crippen LogP contribution in [0.4, 0.5) is 8.78 Å². The molecule has 0 saturated carbocycles. The second-order valence-electron chi connectivity index (χ2n) is 10.2. The van der Waals surface area contributed by atoms with Crippen LogP contribution in [0.25, 0.3) is 0 Å². The molecule has 6 nitrogen and oxygen atoms in total. The van der Waals surface area contributed by atoms with Crippen molar-refractivity contribution >= 4 is 27.3 Å². The van der Waals surface area contributed by atoms with E-state index in [2.05, 4.69) is 0 Å². The van der Waals surface area contributed by atoms with Gasteiger partial charge in [-0.1, -0.05) is 23.7 Å². The Bertz CT molecular complexity index is 1270. The molecule has 10 heteroatoms. The summed E-state index contributed by atoms with van der Waals surface area (Å²) in [7, 11) is -3.38. The molecule has 2 saturated heterocycles. The molecule has 3 atom stereocenters. The lowest BCUT2D eigenvalue weighted by molar-refractivity contribution is -0.139. The van der Waals surface area contributed by atoms with Crippen LogP contribution in [0.3, 0.4) is 0 Å². The number of rotatable bonds is 9. The fourth-order valence-corrected chi connectivity index (χ4v) is 7.46. The summed E-state index contributed by atoms with van der Waals surface area (Å²) < 4.78 is 67.5. The van der Waals surface area contributed by atoms with Gasteiger partial charge in [0.05, 0.1) is 24.2 Å². The van der Waals surface area contributed by atoms with Gasteiger partial charge in [-0.05, 0) is 55.5 Å². The molecule has 0 aromatic heterocycles. The SMILES string of the molecule is O=C1CCN1CCCS(=O)(=O)CC[C@@H]1OCC[C@@]2(Cc3ccc(Cl)cc3)c3c(F)ccc(F)c3OC[C@@H]12. The van der Waals surface area contributed by atoms with E-state index in [1.165, 1.54) is 0 Å². The molecule has 2 aromatic rings. The zero-order valence-electron chi connectivity index (χ0n) is 20.4. The topological polar surface area (TPSA) is 72.9 Å². The highest BCUT2D eigenvalue weighted by molar-refractivity contribution is 7.91. The van der Waals surface area contributed by atoms with Crippen molar-refractivity contribution in [1.82, 2.24) is 4.90 Å². The van der Waals surface area contributed by atoms with Crippen LogP contribution in [-0.2, 0) is 31.2 Å². The number of carbonyl (C=O) groups is 1. The zero-order chi connectivity index (χ0) is 26.2. The molecule has 0 N–H and O–H groups in total. The molecule has 2 aromatic carbocycles. The molecule has 3 heterocycles. The van der Waals surface area contributed by atoms with Crippen LogP contribution in [0.1, 0.15) is 36.8 Å². The highest BCUT2D eigenvalue weighted by Gasteiger charge is 2.53. The maximum Gasteiger partial charge on any atom is 0.224 e. The fraction of sp³-hybridized carbons (Fsp3) is 0.519. The van der Waals surface area contributed by atoms with E-state index in [1.807, 2.05) is 12.1 Å². The van der Waals surface area contributed by atoms with E-state index in [0.29, 0.717) is 50.4 Å². The molecule has 3 aliphatic rings. The van der Waals surface area contributed by atoms with Crippen molar-refractivity contribution in [2.45, 2.75) is 43.6 Å². The van der Waals surface area contributed by atoms with Crippen LogP contribution in [-0.4, -0.2) is 63.1 Å². The van der Waals surface area contributed by atoms with Gasteiger partial charge in [0.25, 0.3) is 0 Å². The van der Waals surface area contributed by atoms with E-state index in [4.69, 9.17) is 21.1 Å². The van der Waals surface area contributed by atoms with Gasteiger partial charge in [0, 0.05) is 48.0 Å². The summed E-state index contributed by atoms with van der Waals surface area (Å²) in [6, 6.07) is 9.48. The number of carbonyl (C=O) groups excluding carboxylic acids is 1. The van der Waals surface area contributed by atoms with E-state index in [9.17, 15) is 17.6 Å². The second-order valence-corrected chi connectivity index (χ2v) is 12.9. The molecule has 2 fully saturated rings. The lowest BCUT2D eigenvalue weighted by Gasteiger charge is -2.51. The Morgan fingerprint density at radius 2 is 1.84 bits per heavy atom. The fourth-order valence-electron chi connectivity index (χ4n) is 5.97. The predicted molar refractivity (Wildman–Crippen MR) is 136 cm³/mol. The first kappa shape index (κ1) is 26.4. The first-order valence-electron chi connectivity index (χ1n) is 12.6. The van der Waals surface area contributed by atoms with Crippen molar-refractivity contribution in [3.8, 4) is 5.75 Å². The van der Waals surface area contributed by atoms with Crippen LogP contribution >= 0.6 is 11.6 Å². The molecule has 3 aliphatic heterocycles. The van der Waals surface area contributed by atoms with Gasteiger partial charge in [-0.3, -0.25) is 4.79 Å². The summed E-state index contributed by atoms with van der Waals surface area (Å²) in [5.41, 5.74) is 0.298. The number of fused-ring (bicyclic) bond motifs is 3. The average Bonchev–Trinajstić information content (AvgIpc) is 2.87. The van der Waals surface area contributed by atoms with Crippen molar-refractivity contribution in [1.29, 1.82) is 0 Å². The number of hydrogen-bond donors (Lipinski definition) is 0. The first-order valence-corrected chi connectivity index (χ1v) is 14.8. The van der Waals surface area contributed by atoms with Crippen molar-refractivity contribution < 1.29 is 31.5 Å². The lowest BCUT2D eigenvalue weighted by Crippen LogP contribution is -2.55. The van der Waals surface area contributed by atoms with Gasteiger partial charge in [0.15, 0.2) is 11.6 Å². The van der Waals surface area contributed by atoms with Crippen LogP contribution in [0.2, 0.25) is 5.02 Å². The molecular formula is C27H30ClF2NO5S. The van der Waals surface area contributed by atoms with Gasteiger partial charge in [0.1, 0.15) is 15.7 Å². The molecule has 0 spiro atoms. The highest BCUT2D eigenvalue weighted by atomic mass is 35.5. The van der Waals surface area contributed by atoms with E-state index in [0.717, 1.165) is 17.7 Å². The minimum absolute atomic E-state index is 0.0107. The Labute approximate surface area is 220 Å². The maximum atomic E-state index is 15.4. The number of halogens is 3. The molecule has 5 rings (SSSR count). The normalized spacial score (nSPS) is 25.2. The van der Waals surface area contributed by atoms with E-state index in [-0.39, 0.29) is 47.7 Å². The number of benzene rings is 2. The number of amides is 1. The highest BCUT2D eigenvalue weighted by Crippen LogP contribution is 2.52. The third kappa shape index (κ3) is 5.36.